The molecule has 0 aliphatic heterocycles. The van der Waals surface area contributed by atoms with Crippen LogP contribution in [-0.4, -0.2) is 17.1 Å². The lowest BCUT2D eigenvalue weighted by Gasteiger charge is -2.05. The van der Waals surface area contributed by atoms with E-state index in [0.717, 1.165) is 12.8 Å². The lowest BCUT2D eigenvalue weighted by atomic mass is 10.1. The highest BCUT2D eigenvalue weighted by Crippen LogP contribution is 1.99. The Labute approximate surface area is 66.9 Å². The number of nitrogens with two attached hydrogens (primary N) is 1. The fourth-order valence-electron chi connectivity index (χ4n) is 0.803. The van der Waals surface area contributed by atoms with Crippen LogP contribution in [0.1, 0.15) is 26.2 Å². The van der Waals surface area contributed by atoms with Crippen LogP contribution in [0.5, 0.6) is 0 Å². The molecule has 0 aromatic heterocycles. The molecule has 0 fully saturated rings. The number of allylic oxidation sites excluding steroid dienone is 2. The molecule has 3 N–H and O–H groups in total. The van der Waals surface area contributed by atoms with Gasteiger partial charge in [0.05, 0.1) is 6.42 Å². The molecule has 1 atom stereocenters. The molecule has 0 saturated carbocycles. The zero-order chi connectivity index (χ0) is 8.69. The molecule has 0 aliphatic carbocycles. The lowest BCUT2D eigenvalue weighted by molar-refractivity contribution is -0.137. The summed E-state index contributed by atoms with van der Waals surface area (Å²) < 4.78 is 0. The van der Waals surface area contributed by atoms with Gasteiger partial charge in [-0.2, -0.15) is 0 Å². The molecule has 0 amide bonds. The zero-order valence-electron chi connectivity index (χ0n) is 6.79. The minimum atomic E-state index is -0.821. The highest BCUT2D eigenvalue weighted by atomic mass is 16.4. The topological polar surface area (TPSA) is 63.3 Å². The van der Waals surface area contributed by atoms with Gasteiger partial charge < -0.3 is 10.8 Å². The Kier molecular flexibility index (Phi) is 5.47. The second kappa shape index (κ2) is 5.92. The first-order chi connectivity index (χ1) is 5.16. The summed E-state index contributed by atoms with van der Waals surface area (Å²) in [5.41, 5.74) is 5.50. The molecule has 0 radical (unpaired) electrons. The fraction of sp³-hybridized carbons (Fsp3) is 0.625. The van der Waals surface area contributed by atoms with E-state index in [0.29, 0.717) is 0 Å². The van der Waals surface area contributed by atoms with E-state index in [9.17, 15) is 4.79 Å². The molecule has 0 aliphatic rings. The molecule has 0 aromatic carbocycles. The van der Waals surface area contributed by atoms with Crippen LogP contribution in [0.15, 0.2) is 12.2 Å². The number of aliphatic carboxylic acids is 1. The van der Waals surface area contributed by atoms with Gasteiger partial charge in [0.2, 0.25) is 0 Å². The highest BCUT2D eigenvalue weighted by molar-refractivity contribution is 5.67. The van der Waals surface area contributed by atoms with Crippen molar-refractivity contribution in [3.05, 3.63) is 12.2 Å². The molecule has 0 heterocycles. The zero-order valence-corrected chi connectivity index (χ0v) is 6.79. The minimum Gasteiger partial charge on any atom is -0.481 e. The smallest absolute Gasteiger partial charge is 0.304 e. The molecule has 0 spiro atoms. The van der Waals surface area contributed by atoms with Gasteiger partial charge in [-0.05, 0) is 19.8 Å². The number of hydrogen-bond donors (Lipinski definition) is 2. The number of carboxylic acids is 1. The van der Waals surface area contributed by atoms with Crippen LogP contribution in [0.2, 0.25) is 0 Å². The summed E-state index contributed by atoms with van der Waals surface area (Å²) in [6.45, 7) is 1.93. The molecule has 0 rings (SSSR count). The summed E-state index contributed by atoms with van der Waals surface area (Å²) in [5, 5.41) is 8.34. The monoisotopic (exact) mass is 157 g/mol. The summed E-state index contributed by atoms with van der Waals surface area (Å²) >= 11 is 0. The maximum absolute atomic E-state index is 10.1. The van der Waals surface area contributed by atoms with Gasteiger partial charge >= 0.3 is 5.97 Å². The van der Waals surface area contributed by atoms with E-state index < -0.39 is 5.97 Å². The average molecular weight is 157 g/mol. The van der Waals surface area contributed by atoms with Crippen molar-refractivity contribution in [3.63, 3.8) is 0 Å². The third-order valence-electron chi connectivity index (χ3n) is 1.38. The Morgan fingerprint density at radius 1 is 1.73 bits per heavy atom. The summed E-state index contributed by atoms with van der Waals surface area (Å²) in [6, 6.07) is -0.205. The van der Waals surface area contributed by atoms with E-state index in [1.54, 1.807) is 0 Å². The molecule has 0 aromatic rings. The number of carboxylic acid groups (broad SMARTS) is 1. The minimum absolute atomic E-state index is 0.0670. The Morgan fingerprint density at radius 2 is 2.36 bits per heavy atom. The van der Waals surface area contributed by atoms with Crippen molar-refractivity contribution < 1.29 is 9.90 Å². The van der Waals surface area contributed by atoms with Gasteiger partial charge in [-0.25, -0.2) is 0 Å². The largest absolute Gasteiger partial charge is 0.481 e. The van der Waals surface area contributed by atoms with E-state index >= 15 is 0 Å². The Morgan fingerprint density at radius 3 is 2.82 bits per heavy atom. The average Bonchev–Trinajstić information content (AvgIpc) is 1.86. The fourth-order valence-corrected chi connectivity index (χ4v) is 0.803. The van der Waals surface area contributed by atoms with Crippen molar-refractivity contribution in [1.29, 1.82) is 0 Å². The van der Waals surface area contributed by atoms with Crippen molar-refractivity contribution in [2.24, 2.45) is 5.73 Å². The first-order valence-corrected chi connectivity index (χ1v) is 3.75. The Bertz CT molecular complexity index is 143. The maximum atomic E-state index is 10.1. The van der Waals surface area contributed by atoms with E-state index in [1.807, 2.05) is 19.1 Å². The van der Waals surface area contributed by atoms with E-state index in [4.69, 9.17) is 10.8 Å². The van der Waals surface area contributed by atoms with Crippen molar-refractivity contribution in [2.45, 2.75) is 32.2 Å². The molecule has 1 unspecified atom stereocenters. The quantitative estimate of drug-likeness (QED) is 0.588. The van der Waals surface area contributed by atoms with Crippen molar-refractivity contribution in [1.82, 2.24) is 0 Å². The summed E-state index contributed by atoms with van der Waals surface area (Å²) in [7, 11) is 0. The van der Waals surface area contributed by atoms with Gasteiger partial charge in [-0.3, -0.25) is 4.79 Å². The van der Waals surface area contributed by atoms with E-state index in [1.165, 1.54) is 0 Å². The molecular weight excluding hydrogens is 142 g/mol. The van der Waals surface area contributed by atoms with Crippen molar-refractivity contribution >= 4 is 5.97 Å². The molecule has 0 saturated heterocycles. The molecule has 3 nitrogen and oxygen atoms in total. The second-order valence-corrected chi connectivity index (χ2v) is 2.50. The molecule has 11 heavy (non-hydrogen) atoms. The maximum Gasteiger partial charge on any atom is 0.304 e. The van der Waals surface area contributed by atoms with Crippen LogP contribution in [-0.2, 0) is 4.79 Å². The summed E-state index contributed by atoms with van der Waals surface area (Å²) in [5.74, 6) is -0.821. The van der Waals surface area contributed by atoms with Gasteiger partial charge in [-0.1, -0.05) is 12.2 Å². The normalized spacial score (nSPS) is 13.6. The summed E-state index contributed by atoms with van der Waals surface area (Å²) in [6.07, 6.45) is 5.61. The molecule has 0 bridgehead atoms. The molecule has 64 valence electrons. The van der Waals surface area contributed by atoms with Crippen LogP contribution in [0.3, 0.4) is 0 Å². The van der Waals surface area contributed by atoms with Crippen LogP contribution >= 0.6 is 0 Å². The first kappa shape index (κ1) is 10.2. The van der Waals surface area contributed by atoms with Gasteiger partial charge in [-0.15, -0.1) is 0 Å². The van der Waals surface area contributed by atoms with Gasteiger partial charge in [0, 0.05) is 6.04 Å². The Balaban J connectivity index is 3.36. The van der Waals surface area contributed by atoms with Crippen LogP contribution in [0, 0.1) is 0 Å². The van der Waals surface area contributed by atoms with Crippen molar-refractivity contribution in [2.75, 3.05) is 0 Å². The number of carbonyl (C=O) groups is 1. The van der Waals surface area contributed by atoms with Crippen LogP contribution < -0.4 is 5.73 Å². The van der Waals surface area contributed by atoms with Crippen LogP contribution in [0.4, 0.5) is 0 Å². The number of hydrogen-bond acceptors (Lipinski definition) is 2. The number of rotatable bonds is 5. The second-order valence-electron chi connectivity index (χ2n) is 2.50. The highest BCUT2D eigenvalue weighted by Gasteiger charge is 2.05. The van der Waals surface area contributed by atoms with E-state index in [-0.39, 0.29) is 12.5 Å². The van der Waals surface area contributed by atoms with Gasteiger partial charge in [0.15, 0.2) is 0 Å². The first-order valence-electron chi connectivity index (χ1n) is 3.75. The van der Waals surface area contributed by atoms with Gasteiger partial charge in [0.1, 0.15) is 0 Å². The third-order valence-corrected chi connectivity index (χ3v) is 1.38. The SMILES string of the molecule is CC=CCCC(N)CC(=O)O. The van der Waals surface area contributed by atoms with Crippen LogP contribution in [0.25, 0.3) is 0 Å². The predicted octanol–water partition coefficient (Wildman–Crippen LogP) is 1.14. The van der Waals surface area contributed by atoms with Crippen molar-refractivity contribution in [3.8, 4) is 0 Å². The van der Waals surface area contributed by atoms with E-state index in [2.05, 4.69) is 0 Å². The molecule has 3 heteroatoms. The predicted molar refractivity (Wildman–Crippen MR) is 44.3 cm³/mol. The third kappa shape index (κ3) is 7.06. The lowest BCUT2D eigenvalue weighted by Crippen LogP contribution is -2.23. The molecular formula is C8H15NO2. The summed E-state index contributed by atoms with van der Waals surface area (Å²) in [4.78, 5) is 10.1. The Hall–Kier alpha value is -0.830. The standard InChI is InChI=1S/C8H15NO2/c1-2-3-4-5-7(9)6-8(10)11/h2-3,7H,4-6,9H2,1H3,(H,10,11). The van der Waals surface area contributed by atoms with Gasteiger partial charge in [0.25, 0.3) is 0 Å².